The summed E-state index contributed by atoms with van der Waals surface area (Å²) in [5, 5.41) is 0. The van der Waals surface area contributed by atoms with Gasteiger partial charge in [-0.3, -0.25) is 0 Å². The minimum Gasteiger partial charge on any atom is -0.0897 e. The molecule has 1 unspecified atom stereocenters. The largest absolute Gasteiger partial charge is 0.0897 e. The first-order chi connectivity index (χ1) is 5.39. The van der Waals surface area contributed by atoms with Crippen LogP contribution in [0.25, 0.3) is 0 Å². The average molecular weight is 184 g/mol. The molecule has 1 saturated carbocycles. The van der Waals surface area contributed by atoms with Crippen molar-refractivity contribution < 1.29 is 0 Å². The molecule has 0 bridgehead atoms. The highest BCUT2D eigenvalue weighted by atomic mass is 32.1. The Kier molecular flexibility index (Phi) is 2.92. The van der Waals surface area contributed by atoms with Crippen LogP contribution in [0.5, 0.6) is 0 Å². The maximum absolute atomic E-state index is 5.33. The summed E-state index contributed by atoms with van der Waals surface area (Å²) < 4.78 is 0. The van der Waals surface area contributed by atoms with Gasteiger partial charge in [0, 0.05) is 0 Å². The highest BCUT2D eigenvalue weighted by Gasteiger charge is 2.30. The third-order valence-corrected chi connectivity index (χ3v) is 3.30. The molecule has 1 fully saturated rings. The van der Waals surface area contributed by atoms with Crippen molar-refractivity contribution in [3.05, 3.63) is 0 Å². The predicted molar refractivity (Wildman–Crippen MR) is 58.6 cm³/mol. The van der Waals surface area contributed by atoms with E-state index in [0.29, 0.717) is 5.41 Å². The van der Waals surface area contributed by atoms with Gasteiger partial charge in [-0.1, -0.05) is 39.9 Å². The van der Waals surface area contributed by atoms with Crippen LogP contribution in [0.4, 0.5) is 0 Å². The Morgan fingerprint density at radius 1 is 1.25 bits per heavy atom. The second kappa shape index (κ2) is 3.45. The standard InChI is InChI=1S/C11H20S/c1-8-5-9(11(2,3)4)7-10(12)6-8/h8-9H,5-7H2,1-4H3/t8-,9?/m0/s1. The molecule has 1 aliphatic carbocycles. The van der Waals surface area contributed by atoms with Gasteiger partial charge in [-0.15, -0.1) is 0 Å². The van der Waals surface area contributed by atoms with Crippen molar-refractivity contribution >= 4 is 17.1 Å². The van der Waals surface area contributed by atoms with E-state index in [1.165, 1.54) is 24.1 Å². The van der Waals surface area contributed by atoms with Gasteiger partial charge in [0.1, 0.15) is 0 Å². The van der Waals surface area contributed by atoms with Crippen LogP contribution in [-0.2, 0) is 0 Å². The van der Waals surface area contributed by atoms with Crippen molar-refractivity contribution in [1.82, 2.24) is 0 Å². The Bertz CT molecular complexity index is 176. The first kappa shape index (κ1) is 10.2. The maximum atomic E-state index is 5.33. The monoisotopic (exact) mass is 184 g/mol. The SMILES string of the molecule is C[C@@H]1CC(=S)CC(C(C)(C)C)C1. The number of thiocarbonyl (C=S) groups is 1. The lowest BCUT2D eigenvalue weighted by Crippen LogP contribution is -2.29. The van der Waals surface area contributed by atoms with E-state index in [0.717, 1.165) is 11.8 Å². The smallest absolute Gasteiger partial charge is 0.00659 e. The van der Waals surface area contributed by atoms with E-state index >= 15 is 0 Å². The van der Waals surface area contributed by atoms with E-state index < -0.39 is 0 Å². The molecule has 1 aliphatic rings. The van der Waals surface area contributed by atoms with Gasteiger partial charge in [0.25, 0.3) is 0 Å². The first-order valence-electron chi connectivity index (χ1n) is 4.91. The fraction of sp³-hybridized carbons (Fsp3) is 0.909. The van der Waals surface area contributed by atoms with Gasteiger partial charge < -0.3 is 0 Å². The van der Waals surface area contributed by atoms with E-state index in [9.17, 15) is 0 Å². The molecular formula is C11H20S. The zero-order valence-corrected chi connectivity index (χ0v) is 9.50. The molecule has 0 radical (unpaired) electrons. The Morgan fingerprint density at radius 2 is 1.83 bits per heavy atom. The van der Waals surface area contributed by atoms with Crippen molar-refractivity contribution in [1.29, 1.82) is 0 Å². The molecule has 2 atom stereocenters. The fourth-order valence-electron chi connectivity index (χ4n) is 2.06. The summed E-state index contributed by atoms with van der Waals surface area (Å²) in [5.41, 5.74) is 0.443. The lowest BCUT2D eigenvalue weighted by atomic mass is 9.69. The molecule has 1 heteroatoms. The molecule has 12 heavy (non-hydrogen) atoms. The summed E-state index contributed by atoms with van der Waals surface area (Å²) in [6.45, 7) is 9.32. The van der Waals surface area contributed by atoms with E-state index in [1.807, 2.05) is 0 Å². The van der Waals surface area contributed by atoms with Gasteiger partial charge in [0.2, 0.25) is 0 Å². The van der Waals surface area contributed by atoms with Gasteiger partial charge in [-0.05, 0) is 41.4 Å². The van der Waals surface area contributed by atoms with Crippen LogP contribution in [0.1, 0.15) is 47.0 Å². The zero-order chi connectivity index (χ0) is 9.35. The van der Waals surface area contributed by atoms with Gasteiger partial charge >= 0.3 is 0 Å². The molecule has 0 heterocycles. The topological polar surface area (TPSA) is 0 Å². The lowest BCUT2D eigenvalue weighted by Gasteiger charge is -2.36. The normalized spacial score (nSPS) is 32.2. The van der Waals surface area contributed by atoms with Crippen LogP contribution < -0.4 is 0 Å². The Morgan fingerprint density at radius 3 is 2.25 bits per heavy atom. The summed E-state index contributed by atoms with van der Waals surface area (Å²) in [4.78, 5) is 1.30. The van der Waals surface area contributed by atoms with Gasteiger partial charge in [0.05, 0.1) is 0 Å². The predicted octanol–water partition coefficient (Wildman–Crippen LogP) is 3.84. The summed E-state index contributed by atoms with van der Waals surface area (Å²) in [6, 6.07) is 0. The quantitative estimate of drug-likeness (QED) is 0.515. The number of hydrogen-bond acceptors (Lipinski definition) is 1. The summed E-state index contributed by atoms with van der Waals surface area (Å²) in [5.74, 6) is 1.63. The zero-order valence-electron chi connectivity index (χ0n) is 8.68. The number of rotatable bonds is 0. The molecule has 0 aliphatic heterocycles. The van der Waals surface area contributed by atoms with Crippen LogP contribution >= 0.6 is 12.2 Å². The number of hydrogen-bond donors (Lipinski definition) is 0. The Balaban J connectivity index is 2.62. The summed E-state index contributed by atoms with van der Waals surface area (Å²) >= 11 is 5.33. The molecular weight excluding hydrogens is 164 g/mol. The average Bonchev–Trinajstić information content (AvgIpc) is 1.82. The van der Waals surface area contributed by atoms with Crippen LogP contribution in [0.2, 0.25) is 0 Å². The van der Waals surface area contributed by atoms with Crippen LogP contribution in [0.3, 0.4) is 0 Å². The third kappa shape index (κ3) is 2.55. The summed E-state index contributed by atoms with van der Waals surface area (Å²) in [6.07, 6.45) is 3.73. The van der Waals surface area contributed by atoms with Crippen LogP contribution in [-0.4, -0.2) is 4.86 Å². The van der Waals surface area contributed by atoms with Crippen molar-refractivity contribution in [2.75, 3.05) is 0 Å². The Hall–Kier alpha value is 0.0900. The highest BCUT2D eigenvalue weighted by Crippen LogP contribution is 2.38. The van der Waals surface area contributed by atoms with Crippen molar-refractivity contribution in [2.24, 2.45) is 17.3 Å². The van der Waals surface area contributed by atoms with E-state index in [1.54, 1.807) is 0 Å². The molecule has 0 N–H and O–H groups in total. The van der Waals surface area contributed by atoms with Gasteiger partial charge in [-0.25, -0.2) is 0 Å². The fourth-order valence-corrected chi connectivity index (χ4v) is 2.54. The van der Waals surface area contributed by atoms with Crippen LogP contribution in [0.15, 0.2) is 0 Å². The molecule has 0 saturated heterocycles. The molecule has 0 aromatic carbocycles. The van der Waals surface area contributed by atoms with Gasteiger partial charge in [-0.2, -0.15) is 0 Å². The maximum Gasteiger partial charge on any atom is -0.00659 e. The molecule has 0 aromatic rings. The minimum atomic E-state index is 0.443. The minimum absolute atomic E-state index is 0.443. The lowest BCUT2D eigenvalue weighted by molar-refractivity contribution is 0.195. The molecule has 0 amide bonds. The molecule has 0 nitrogen and oxygen atoms in total. The van der Waals surface area contributed by atoms with Crippen molar-refractivity contribution in [2.45, 2.75) is 47.0 Å². The first-order valence-corrected chi connectivity index (χ1v) is 5.32. The molecule has 0 spiro atoms. The third-order valence-electron chi connectivity index (χ3n) is 2.96. The second-order valence-electron chi connectivity index (χ2n) is 5.35. The molecule has 0 aromatic heterocycles. The Labute approximate surface area is 81.7 Å². The van der Waals surface area contributed by atoms with E-state index in [4.69, 9.17) is 12.2 Å². The van der Waals surface area contributed by atoms with E-state index in [-0.39, 0.29) is 0 Å². The highest BCUT2D eigenvalue weighted by molar-refractivity contribution is 7.80. The summed E-state index contributed by atoms with van der Waals surface area (Å²) in [7, 11) is 0. The molecule has 1 rings (SSSR count). The van der Waals surface area contributed by atoms with Crippen molar-refractivity contribution in [3.63, 3.8) is 0 Å². The molecule has 70 valence electrons. The second-order valence-corrected chi connectivity index (χ2v) is 5.93. The van der Waals surface area contributed by atoms with E-state index in [2.05, 4.69) is 27.7 Å². The van der Waals surface area contributed by atoms with Crippen LogP contribution in [0, 0.1) is 17.3 Å². The van der Waals surface area contributed by atoms with Crippen molar-refractivity contribution in [3.8, 4) is 0 Å². The van der Waals surface area contributed by atoms with Gasteiger partial charge in [0.15, 0.2) is 0 Å².